The van der Waals surface area contributed by atoms with Gasteiger partial charge in [-0.25, -0.2) is 0 Å². The van der Waals surface area contributed by atoms with Crippen molar-refractivity contribution in [2.45, 2.75) is 66.7 Å². The fourth-order valence-corrected chi connectivity index (χ4v) is 5.35. The molecule has 162 valence electrons. The van der Waals surface area contributed by atoms with Crippen LogP contribution in [0.3, 0.4) is 0 Å². The molecule has 0 aromatic heterocycles. The van der Waals surface area contributed by atoms with E-state index in [-0.39, 0.29) is 0 Å². The Labute approximate surface area is 180 Å². The van der Waals surface area contributed by atoms with E-state index in [0.717, 1.165) is 12.5 Å². The van der Waals surface area contributed by atoms with Crippen LogP contribution in [0.25, 0.3) is 0 Å². The summed E-state index contributed by atoms with van der Waals surface area (Å²) in [6, 6.07) is 0. The van der Waals surface area contributed by atoms with E-state index in [9.17, 15) is 0 Å². The smallest absolute Gasteiger partial charge is 0.0230 e. The van der Waals surface area contributed by atoms with Crippen molar-refractivity contribution >= 4 is 0 Å². The van der Waals surface area contributed by atoms with Gasteiger partial charge in [-0.15, -0.1) is 0 Å². The molecule has 0 bridgehead atoms. The Kier molecular flexibility index (Phi) is 7.62. The molecule has 29 heavy (non-hydrogen) atoms. The van der Waals surface area contributed by atoms with Gasteiger partial charge in [0.15, 0.2) is 0 Å². The molecule has 0 saturated carbocycles. The van der Waals surface area contributed by atoms with Crippen LogP contribution in [0.5, 0.6) is 0 Å². The van der Waals surface area contributed by atoms with Crippen LogP contribution in [0.4, 0.5) is 0 Å². The Hall–Kier alpha value is -1.12. The number of hydrogen-bond acceptors (Lipinski definition) is 2. The second-order valence-corrected chi connectivity index (χ2v) is 10.4. The van der Waals surface area contributed by atoms with Crippen LogP contribution in [-0.4, -0.2) is 50.1 Å². The largest absolute Gasteiger partial charge is 0.306 e. The molecule has 0 spiro atoms. The molecule has 1 unspecified atom stereocenters. The summed E-state index contributed by atoms with van der Waals surface area (Å²) in [4.78, 5) is 4.90. The van der Waals surface area contributed by atoms with Crippen LogP contribution in [-0.2, 0) is 0 Å². The van der Waals surface area contributed by atoms with E-state index in [1.807, 2.05) is 0 Å². The topological polar surface area (TPSA) is 6.48 Å². The molecule has 0 aromatic rings. The Morgan fingerprint density at radius 1 is 0.828 bits per heavy atom. The van der Waals surface area contributed by atoms with Crippen molar-refractivity contribution in [1.82, 2.24) is 9.80 Å². The molecular weight excluding hydrogens is 352 g/mol. The first-order chi connectivity index (χ1) is 13.8. The molecule has 2 aliphatic heterocycles. The van der Waals surface area contributed by atoms with Crippen molar-refractivity contribution in [3.05, 3.63) is 45.6 Å². The summed E-state index contributed by atoms with van der Waals surface area (Å²) in [6.07, 6.45) is 11.4. The lowest BCUT2D eigenvalue weighted by Gasteiger charge is -2.17. The van der Waals surface area contributed by atoms with Gasteiger partial charge in [-0.05, 0) is 81.6 Å². The number of likely N-dealkylation sites (N-methyl/N-ethyl adjacent to an activating group) is 1. The van der Waals surface area contributed by atoms with Crippen LogP contribution in [0.2, 0.25) is 0 Å². The summed E-state index contributed by atoms with van der Waals surface area (Å²) >= 11 is 0. The second-order valence-electron chi connectivity index (χ2n) is 10.4. The van der Waals surface area contributed by atoms with Crippen molar-refractivity contribution in [2.24, 2.45) is 17.8 Å². The summed E-state index contributed by atoms with van der Waals surface area (Å²) in [5.41, 5.74) is 10.0. The summed E-state index contributed by atoms with van der Waals surface area (Å²) < 4.78 is 0. The highest BCUT2D eigenvalue weighted by Crippen LogP contribution is 2.39. The van der Waals surface area contributed by atoms with E-state index in [0.29, 0.717) is 11.8 Å². The van der Waals surface area contributed by atoms with Crippen molar-refractivity contribution in [3.8, 4) is 0 Å². The zero-order valence-electron chi connectivity index (χ0n) is 20.1. The molecule has 0 aromatic carbocycles. The third-order valence-corrected chi connectivity index (χ3v) is 7.40. The molecule has 0 amide bonds. The van der Waals surface area contributed by atoms with Gasteiger partial charge in [0, 0.05) is 19.6 Å². The highest BCUT2D eigenvalue weighted by Gasteiger charge is 2.27. The number of allylic oxidation sites excluding steroid dienone is 4. The van der Waals surface area contributed by atoms with E-state index in [2.05, 4.69) is 70.7 Å². The molecular formula is C27H44N2. The molecule has 4 aliphatic rings. The predicted octanol–water partition coefficient (Wildman–Crippen LogP) is 6.24. The van der Waals surface area contributed by atoms with Crippen LogP contribution >= 0.6 is 0 Å². The van der Waals surface area contributed by atoms with Crippen LogP contribution in [0, 0.1) is 17.8 Å². The van der Waals surface area contributed by atoms with Crippen LogP contribution in [0.15, 0.2) is 45.6 Å². The predicted molar refractivity (Wildman–Crippen MR) is 127 cm³/mol. The minimum Gasteiger partial charge on any atom is -0.306 e. The first-order valence-corrected chi connectivity index (χ1v) is 12.0. The molecule has 4 rings (SSSR count). The van der Waals surface area contributed by atoms with Crippen molar-refractivity contribution in [2.75, 3.05) is 40.3 Å². The number of rotatable bonds is 2. The quantitative estimate of drug-likeness (QED) is 0.545. The van der Waals surface area contributed by atoms with Gasteiger partial charge in [-0.2, -0.15) is 0 Å². The van der Waals surface area contributed by atoms with Crippen molar-refractivity contribution in [3.63, 3.8) is 0 Å². The minimum atomic E-state index is 0.706. The maximum absolute atomic E-state index is 2.48. The van der Waals surface area contributed by atoms with Gasteiger partial charge in [0.2, 0.25) is 0 Å². The molecule has 0 fully saturated rings. The van der Waals surface area contributed by atoms with Gasteiger partial charge >= 0.3 is 0 Å². The van der Waals surface area contributed by atoms with E-state index >= 15 is 0 Å². The maximum Gasteiger partial charge on any atom is 0.0230 e. The van der Waals surface area contributed by atoms with E-state index in [1.165, 1.54) is 51.7 Å². The fraction of sp³-hybridized carbons (Fsp3) is 0.704. The highest BCUT2D eigenvalue weighted by molar-refractivity contribution is 5.44. The summed E-state index contributed by atoms with van der Waals surface area (Å²) in [7, 11) is 4.47. The van der Waals surface area contributed by atoms with E-state index < -0.39 is 0 Å². The third-order valence-electron chi connectivity index (χ3n) is 7.40. The van der Waals surface area contributed by atoms with Gasteiger partial charge in [0.1, 0.15) is 0 Å². The molecule has 2 nitrogen and oxygen atoms in total. The lowest BCUT2D eigenvalue weighted by molar-refractivity contribution is 0.351. The standard InChI is InChI=1S/C14H23N.C13H21N/c1-10(2)14-8-12-9-15(4)7-5-6-13(12)11(14)3;1-10(2)13-8-11-4-6-14(3)7-5-12(11)9-13/h8,10-11H,5-7,9H2,1-4H3;8,10H,4-7,9H2,1-3H3. The Bertz CT molecular complexity index is 717. The lowest BCUT2D eigenvalue weighted by Crippen LogP contribution is -2.20. The highest BCUT2D eigenvalue weighted by atomic mass is 15.1. The number of hydrogen-bond donors (Lipinski definition) is 0. The van der Waals surface area contributed by atoms with Gasteiger partial charge in [0.05, 0.1) is 0 Å². The zero-order chi connectivity index (χ0) is 21.1. The summed E-state index contributed by atoms with van der Waals surface area (Å²) in [5, 5.41) is 0. The van der Waals surface area contributed by atoms with Gasteiger partial charge in [-0.1, -0.05) is 69.1 Å². The first-order valence-electron chi connectivity index (χ1n) is 12.0. The first kappa shape index (κ1) is 22.6. The van der Waals surface area contributed by atoms with Crippen LogP contribution < -0.4 is 0 Å². The van der Waals surface area contributed by atoms with Crippen LogP contribution in [0.1, 0.15) is 66.7 Å². The zero-order valence-corrected chi connectivity index (χ0v) is 20.1. The van der Waals surface area contributed by atoms with Crippen molar-refractivity contribution < 1.29 is 0 Å². The minimum absolute atomic E-state index is 0.706. The Balaban J connectivity index is 0.000000166. The SMILES string of the molecule is CC(C)C1=CC2=C(CCCN(C)C2)C1C.CC(C)C1=CC2=C(CCN(C)CC2)C1. The molecule has 2 heterocycles. The molecule has 1 atom stereocenters. The Morgan fingerprint density at radius 2 is 1.55 bits per heavy atom. The third kappa shape index (κ3) is 5.52. The van der Waals surface area contributed by atoms with Gasteiger partial charge in [-0.3, -0.25) is 0 Å². The maximum atomic E-state index is 2.48. The normalized spacial score (nSPS) is 26.0. The molecule has 0 radical (unpaired) electrons. The second kappa shape index (κ2) is 9.79. The Morgan fingerprint density at radius 3 is 2.24 bits per heavy atom. The average molecular weight is 397 g/mol. The molecule has 2 heteroatoms. The lowest BCUT2D eigenvalue weighted by atomic mass is 9.88. The summed E-state index contributed by atoms with van der Waals surface area (Å²) in [5.74, 6) is 2.16. The number of nitrogens with zero attached hydrogens (tertiary/aromatic N) is 2. The van der Waals surface area contributed by atoms with E-state index in [1.54, 1.807) is 33.4 Å². The summed E-state index contributed by atoms with van der Waals surface area (Å²) in [6.45, 7) is 16.5. The molecule has 0 N–H and O–H groups in total. The molecule has 0 saturated heterocycles. The van der Waals surface area contributed by atoms with E-state index in [4.69, 9.17) is 0 Å². The monoisotopic (exact) mass is 396 g/mol. The van der Waals surface area contributed by atoms with Crippen molar-refractivity contribution in [1.29, 1.82) is 0 Å². The molecule has 2 aliphatic carbocycles. The van der Waals surface area contributed by atoms with Gasteiger partial charge in [0.25, 0.3) is 0 Å². The van der Waals surface area contributed by atoms with Gasteiger partial charge < -0.3 is 9.80 Å². The fourth-order valence-electron chi connectivity index (χ4n) is 5.35. The average Bonchev–Trinajstić information content (AvgIpc) is 3.08.